The van der Waals surface area contributed by atoms with E-state index >= 15 is 0 Å². The highest BCUT2D eigenvalue weighted by Crippen LogP contribution is 2.45. The quantitative estimate of drug-likeness (QED) is 0.504. The summed E-state index contributed by atoms with van der Waals surface area (Å²) in [4.78, 5) is 31.1. The van der Waals surface area contributed by atoms with Gasteiger partial charge in [-0.3, -0.25) is 9.79 Å². The molecule has 3 unspecified atom stereocenters. The number of hydrogen-bond acceptors (Lipinski definition) is 6. The molecule has 2 N–H and O–H groups in total. The Kier molecular flexibility index (Phi) is 7.73. The molecule has 1 heterocycles. The number of aliphatic imine (C=N–C) groups is 1. The summed E-state index contributed by atoms with van der Waals surface area (Å²) in [6.45, 7) is 6.71. The van der Waals surface area contributed by atoms with Crippen molar-refractivity contribution in [2.24, 2.45) is 28.5 Å². The zero-order valence-corrected chi connectivity index (χ0v) is 18.4. The van der Waals surface area contributed by atoms with E-state index in [-0.39, 0.29) is 30.5 Å². The minimum absolute atomic E-state index is 0.0133. The largest absolute Gasteiger partial charge is 0.463 e. The van der Waals surface area contributed by atoms with Crippen LogP contribution in [0.15, 0.2) is 40.5 Å². The summed E-state index contributed by atoms with van der Waals surface area (Å²) in [5.74, 6) is -2.05. The van der Waals surface area contributed by atoms with Crippen molar-refractivity contribution in [1.82, 2.24) is 0 Å². The van der Waals surface area contributed by atoms with E-state index in [1.807, 2.05) is 0 Å². The van der Waals surface area contributed by atoms with Gasteiger partial charge in [0, 0.05) is 24.6 Å². The molecule has 1 fully saturated rings. The topological polar surface area (TPSA) is 91.0 Å². The van der Waals surface area contributed by atoms with Crippen molar-refractivity contribution in [2.45, 2.75) is 39.5 Å². The third-order valence-electron chi connectivity index (χ3n) is 6.05. The van der Waals surface area contributed by atoms with Crippen LogP contribution in [0.25, 0.3) is 0 Å². The van der Waals surface area contributed by atoms with Crippen LogP contribution in [-0.4, -0.2) is 43.8 Å². The van der Waals surface area contributed by atoms with Crippen molar-refractivity contribution in [3.05, 3.63) is 46.9 Å². The minimum atomic E-state index is -0.787. The average molecular weight is 431 g/mol. The first-order chi connectivity index (χ1) is 14.9. The van der Waals surface area contributed by atoms with E-state index in [9.17, 15) is 14.0 Å². The molecule has 3 rings (SSSR count). The maximum atomic E-state index is 14.9. The molecule has 31 heavy (non-hydrogen) atoms. The Morgan fingerprint density at radius 3 is 2.65 bits per heavy atom. The lowest BCUT2D eigenvalue weighted by Crippen LogP contribution is -2.43. The Morgan fingerprint density at radius 1 is 1.26 bits per heavy atom. The third kappa shape index (κ3) is 4.93. The second kappa shape index (κ2) is 10.3. The summed E-state index contributed by atoms with van der Waals surface area (Å²) in [5, 5.41) is 0. The van der Waals surface area contributed by atoms with Gasteiger partial charge in [-0.15, -0.1) is 0 Å². The highest BCUT2D eigenvalue weighted by Gasteiger charge is 2.47. The highest BCUT2D eigenvalue weighted by molar-refractivity contribution is 6.11. The van der Waals surface area contributed by atoms with Gasteiger partial charge in [-0.05, 0) is 36.8 Å². The van der Waals surface area contributed by atoms with Gasteiger partial charge in [0.15, 0.2) is 0 Å². The number of halogens is 1. The molecule has 2 aliphatic rings. The molecule has 6 nitrogen and oxygen atoms in total. The molecule has 0 bridgehead atoms. The maximum Gasteiger partial charge on any atom is 0.336 e. The highest BCUT2D eigenvalue weighted by atomic mass is 19.1. The van der Waals surface area contributed by atoms with Crippen LogP contribution in [0.3, 0.4) is 0 Å². The smallest absolute Gasteiger partial charge is 0.336 e. The van der Waals surface area contributed by atoms with Gasteiger partial charge in [-0.25, -0.2) is 9.18 Å². The second-order valence-electron chi connectivity index (χ2n) is 8.38. The second-order valence-corrected chi connectivity index (χ2v) is 8.38. The summed E-state index contributed by atoms with van der Waals surface area (Å²) in [5.41, 5.74) is 7.13. The molecule has 168 valence electrons. The van der Waals surface area contributed by atoms with Crippen molar-refractivity contribution in [3.8, 4) is 0 Å². The molecular formula is C24H31FN2O4. The Morgan fingerprint density at radius 2 is 2.00 bits per heavy atom. The van der Waals surface area contributed by atoms with Crippen LogP contribution < -0.4 is 5.73 Å². The maximum absolute atomic E-state index is 14.9. The normalized spacial score (nSPS) is 23.6. The Balaban J connectivity index is 2.17. The number of ketones is 1. The van der Waals surface area contributed by atoms with E-state index < -0.39 is 23.6 Å². The number of hydrogen-bond donors (Lipinski definition) is 1. The van der Waals surface area contributed by atoms with Crippen molar-refractivity contribution < 1.29 is 23.5 Å². The predicted molar refractivity (Wildman–Crippen MR) is 116 cm³/mol. The van der Waals surface area contributed by atoms with E-state index in [4.69, 9.17) is 20.2 Å². The Hall–Kier alpha value is -2.38. The lowest BCUT2D eigenvalue weighted by molar-refractivity contribution is -0.139. The van der Waals surface area contributed by atoms with Gasteiger partial charge >= 0.3 is 5.97 Å². The van der Waals surface area contributed by atoms with Gasteiger partial charge in [0.1, 0.15) is 11.6 Å². The van der Waals surface area contributed by atoms with Crippen molar-refractivity contribution >= 4 is 17.5 Å². The number of fused-ring (bicyclic) bond motifs is 1. The molecule has 0 spiro atoms. The fourth-order valence-electron chi connectivity index (χ4n) is 4.46. The van der Waals surface area contributed by atoms with Gasteiger partial charge in [-0.1, -0.05) is 32.0 Å². The Labute approximate surface area is 182 Å². The number of carbonyl (C=O) groups is 2. The van der Waals surface area contributed by atoms with Crippen molar-refractivity contribution in [3.63, 3.8) is 0 Å². The van der Waals surface area contributed by atoms with Gasteiger partial charge in [0.2, 0.25) is 0 Å². The fraction of sp³-hybridized carbons (Fsp3) is 0.542. The van der Waals surface area contributed by atoms with E-state index in [0.29, 0.717) is 48.9 Å². The van der Waals surface area contributed by atoms with E-state index in [1.165, 1.54) is 6.07 Å². The molecule has 1 aromatic rings. The lowest BCUT2D eigenvalue weighted by atomic mass is 9.65. The first-order valence-corrected chi connectivity index (χ1v) is 10.9. The van der Waals surface area contributed by atoms with Crippen molar-refractivity contribution in [1.29, 1.82) is 0 Å². The monoisotopic (exact) mass is 430 g/mol. The molecule has 1 saturated carbocycles. The predicted octanol–water partition coefficient (Wildman–Crippen LogP) is 3.41. The number of ether oxygens (including phenoxy) is 2. The summed E-state index contributed by atoms with van der Waals surface area (Å²) >= 11 is 0. The zero-order chi connectivity index (χ0) is 22.5. The molecule has 0 saturated heterocycles. The molecule has 1 aliphatic carbocycles. The summed E-state index contributed by atoms with van der Waals surface area (Å²) in [7, 11) is 0. The van der Waals surface area contributed by atoms with E-state index in [0.717, 1.165) is 0 Å². The number of benzene rings is 1. The number of carbonyl (C=O) groups excluding carboxylic acids is 2. The first-order valence-electron chi connectivity index (χ1n) is 10.9. The Bertz CT molecular complexity index is 893. The van der Waals surface area contributed by atoms with Gasteiger partial charge in [0.05, 0.1) is 37.0 Å². The van der Waals surface area contributed by atoms with Crippen LogP contribution in [0.5, 0.6) is 0 Å². The average Bonchev–Trinajstić information content (AvgIpc) is 2.73. The SMILES string of the molecule is CCOC(=O)C1=C(COCCN)N=C2CC(C(C)C)CC(=O)C2C1c1ccccc1F. The number of esters is 1. The van der Waals surface area contributed by atoms with Crippen LogP contribution >= 0.6 is 0 Å². The van der Waals surface area contributed by atoms with E-state index in [1.54, 1.807) is 25.1 Å². The third-order valence-corrected chi connectivity index (χ3v) is 6.05. The van der Waals surface area contributed by atoms with Gasteiger partial charge in [0.25, 0.3) is 0 Å². The van der Waals surface area contributed by atoms with Gasteiger partial charge < -0.3 is 15.2 Å². The molecule has 7 heteroatoms. The minimum Gasteiger partial charge on any atom is -0.463 e. The van der Waals surface area contributed by atoms with E-state index in [2.05, 4.69) is 13.8 Å². The first kappa shape index (κ1) is 23.3. The number of nitrogens with two attached hydrogens (primary N) is 1. The molecule has 1 aliphatic heterocycles. The fourth-order valence-corrected chi connectivity index (χ4v) is 4.46. The van der Waals surface area contributed by atoms with Crippen LogP contribution in [0.2, 0.25) is 0 Å². The summed E-state index contributed by atoms with van der Waals surface area (Å²) in [6, 6.07) is 6.27. The standard InChI is InChI=1S/C24H31FN2O4/c1-4-31-24(29)23-19(13-30-10-9-26)27-18-11-15(14(2)3)12-20(28)22(18)21(23)16-7-5-6-8-17(16)25/h5-8,14-15,21-22H,4,9-13,26H2,1-3H3. The van der Waals surface area contributed by atoms with Crippen molar-refractivity contribution in [2.75, 3.05) is 26.4 Å². The number of rotatable bonds is 8. The van der Waals surface area contributed by atoms with Crippen LogP contribution in [0.4, 0.5) is 4.39 Å². The van der Waals surface area contributed by atoms with Gasteiger partial charge in [-0.2, -0.15) is 0 Å². The molecule has 0 radical (unpaired) electrons. The molecule has 1 aromatic carbocycles. The number of Topliss-reactive ketones (excluding diaryl/α,β-unsaturated/α-hetero) is 1. The van der Waals surface area contributed by atoms with Crippen LogP contribution in [0, 0.1) is 23.6 Å². The summed E-state index contributed by atoms with van der Waals surface area (Å²) < 4.78 is 25.9. The zero-order valence-electron chi connectivity index (χ0n) is 18.4. The molecule has 0 aromatic heterocycles. The lowest BCUT2D eigenvalue weighted by Gasteiger charge is -2.39. The molecule has 3 atom stereocenters. The molecular weight excluding hydrogens is 399 g/mol. The van der Waals surface area contributed by atoms with Crippen LogP contribution in [0.1, 0.15) is 45.1 Å². The summed E-state index contributed by atoms with van der Waals surface area (Å²) in [6.07, 6.45) is 1.02. The van der Waals surface area contributed by atoms with Crippen LogP contribution in [-0.2, 0) is 19.1 Å². The molecule has 0 amide bonds. The number of nitrogens with zero attached hydrogens (tertiary/aromatic N) is 1.